The normalized spacial score (nSPS) is 13.5. The Morgan fingerprint density at radius 3 is 1.30 bits per heavy atom. The van der Waals surface area contributed by atoms with Crippen LogP contribution in [0.15, 0.2) is 65.1 Å². The highest BCUT2D eigenvalue weighted by atomic mass is 79.9. The first-order chi connectivity index (χ1) is 32.5. The van der Waals surface area contributed by atoms with E-state index in [0.29, 0.717) is 28.3 Å². The molecule has 0 bridgehead atoms. The van der Waals surface area contributed by atoms with Crippen molar-refractivity contribution in [1.29, 1.82) is 0 Å². The number of carbonyl (C=O) groups excluding carboxylic acids is 3. The second-order valence-corrected chi connectivity index (χ2v) is 21.4. The summed E-state index contributed by atoms with van der Waals surface area (Å²) < 4.78 is 49.6. The molecule has 0 unspecified atom stereocenters. The third-order valence-corrected chi connectivity index (χ3v) is 10.9. The SMILES string of the molecule is COc1cc(B2OC(C)(C)C(C)(C)O2)c(NC(=O)OC(C)(C)C)cc1C.COc1cc(Br)c(NC(=O)OC(C)(C)C)cc1C.COc1ccc(N)cc1C.COc1ccc(NC(=O)OC(C)(C)C)cc1C. The second-order valence-electron chi connectivity index (χ2n) is 20.6. The van der Waals surface area contributed by atoms with Crippen molar-refractivity contribution in [3.8, 4) is 23.0 Å². The molecule has 1 aliphatic heterocycles. The number of amides is 3. The molecule has 16 nitrogen and oxygen atoms in total. The highest BCUT2D eigenvalue weighted by Crippen LogP contribution is 2.38. The molecule has 0 aromatic heterocycles. The van der Waals surface area contributed by atoms with E-state index in [-0.39, 0.29) is 0 Å². The van der Waals surface area contributed by atoms with Gasteiger partial charge in [0.1, 0.15) is 39.8 Å². The lowest BCUT2D eigenvalue weighted by atomic mass is 9.77. The summed E-state index contributed by atoms with van der Waals surface area (Å²) in [7, 11) is 5.86. The van der Waals surface area contributed by atoms with Crippen LogP contribution in [0.4, 0.5) is 37.1 Å². The van der Waals surface area contributed by atoms with Crippen molar-refractivity contribution < 1.29 is 56.9 Å². The molecule has 4 aromatic rings. The van der Waals surface area contributed by atoms with E-state index in [0.717, 1.165) is 49.7 Å². The van der Waals surface area contributed by atoms with E-state index >= 15 is 0 Å². The van der Waals surface area contributed by atoms with Crippen molar-refractivity contribution in [1.82, 2.24) is 0 Å². The van der Waals surface area contributed by atoms with E-state index in [1.165, 1.54) is 0 Å². The number of hydrogen-bond donors (Lipinski definition) is 4. The van der Waals surface area contributed by atoms with E-state index in [1.807, 2.05) is 172 Å². The number of ether oxygens (including phenoxy) is 7. The highest BCUT2D eigenvalue weighted by molar-refractivity contribution is 9.10. The fourth-order valence-electron chi connectivity index (χ4n) is 6.28. The zero-order valence-corrected chi connectivity index (χ0v) is 47.3. The molecule has 3 amide bonds. The average Bonchev–Trinajstić information content (AvgIpc) is 3.43. The van der Waals surface area contributed by atoms with Crippen LogP contribution in [0.2, 0.25) is 0 Å². The van der Waals surface area contributed by atoms with Gasteiger partial charge in [-0.2, -0.15) is 0 Å². The van der Waals surface area contributed by atoms with Gasteiger partial charge in [0.15, 0.2) is 0 Å². The lowest BCUT2D eigenvalue weighted by molar-refractivity contribution is 0.00578. The van der Waals surface area contributed by atoms with Crippen LogP contribution in [0, 0.1) is 27.7 Å². The minimum Gasteiger partial charge on any atom is -0.497 e. The first-order valence-electron chi connectivity index (χ1n) is 23.0. The van der Waals surface area contributed by atoms with Crippen LogP contribution in [-0.4, -0.2) is 81.8 Å². The van der Waals surface area contributed by atoms with Crippen LogP contribution < -0.4 is 46.1 Å². The van der Waals surface area contributed by atoms with Crippen LogP contribution in [0.3, 0.4) is 0 Å². The molecule has 1 fully saturated rings. The largest absolute Gasteiger partial charge is 0.497 e. The van der Waals surface area contributed by atoms with E-state index in [4.69, 9.17) is 48.2 Å². The Labute approximate surface area is 430 Å². The van der Waals surface area contributed by atoms with E-state index in [9.17, 15) is 14.4 Å². The smallest absolute Gasteiger partial charge is 0.497 e. The van der Waals surface area contributed by atoms with Gasteiger partial charge in [-0.3, -0.25) is 16.0 Å². The molecule has 0 radical (unpaired) electrons. The molecule has 0 atom stereocenters. The molecule has 1 saturated heterocycles. The lowest BCUT2D eigenvalue weighted by Gasteiger charge is -2.32. The molecule has 5 rings (SSSR count). The van der Waals surface area contributed by atoms with E-state index < -0.39 is 53.4 Å². The Morgan fingerprint density at radius 1 is 0.521 bits per heavy atom. The molecule has 392 valence electrons. The Kier molecular flexibility index (Phi) is 22.0. The minimum atomic E-state index is -0.626. The second kappa shape index (κ2) is 25.5. The van der Waals surface area contributed by atoms with Crippen LogP contribution in [-0.2, 0) is 23.5 Å². The van der Waals surface area contributed by atoms with Gasteiger partial charge in [-0.15, -0.1) is 0 Å². The molecule has 71 heavy (non-hydrogen) atoms. The van der Waals surface area contributed by atoms with Gasteiger partial charge in [0.25, 0.3) is 0 Å². The summed E-state index contributed by atoms with van der Waals surface area (Å²) in [6.45, 7) is 32.0. The number of hydrogen-bond acceptors (Lipinski definition) is 13. The number of nitrogens with two attached hydrogens (primary N) is 1. The van der Waals surface area contributed by atoms with Gasteiger partial charge in [-0.05, 0) is 217 Å². The Balaban J connectivity index is 0.000000340. The van der Waals surface area contributed by atoms with Gasteiger partial charge in [0.2, 0.25) is 0 Å². The predicted molar refractivity (Wildman–Crippen MR) is 288 cm³/mol. The van der Waals surface area contributed by atoms with Crippen molar-refractivity contribution in [3.63, 3.8) is 0 Å². The molecular weight excluding hydrogens is 975 g/mol. The molecule has 5 N–H and O–H groups in total. The maximum Gasteiger partial charge on any atom is 0.497 e. The maximum atomic E-state index is 12.3. The number of rotatable bonds is 8. The Hall–Kier alpha value is -5.85. The van der Waals surface area contributed by atoms with Gasteiger partial charge >= 0.3 is 25.4 Å². The quantitative estimate of drug-likeness (QED) is 0.0740. The fraction of sp³-hybridized carbons (Fsp3) is 0.491. The molecular formula is C53H78BBrN4O12. The van der Waals surface area contributed by atoms with Gasteiger partial charge in [0, 0.05) is 27.0 Å². The predicted octanol–water partition coefficient (Wildman–Crippen LogP) is 12.7. The number of aryl methyl sites for hydroxylation is 4. The van der Waals surface area contributed by atoms with Crippen LogP contribution in [0.5, 0.6) is 23.0 Å². The summed E-state index contributed by atoms with van der Waals surface area (Å²) in [4.78, 5) is 35.5. The number of nitrogens with one attached hydrogen (secondary N) is 3. The third-order valence-electron chi connectivity index (χ3n) is 10.3. The van der Waals surface area contributed by atoms with Crippen molar-refractivity contribution in [2.75, 3.05) is 50.1 Å². The molecule has 0 aliphatic carbocycles. The van der Waals surface area contributed by atoms with Crippen molar-refractivity contribution >= 4 is 69.5 Å². The van der Waals surface area contributed by atoms with Crippen molar-refractivity contribution in [2.45, 2.75) is 146 Å². The van der Waals surface area contributed by atoms with Gasteiger partial charge in [-0.1, -0.05) is 0 Å². The number of methoxy groups -OCH3 is 4. The van der Waals surface area contributed by atoms with Crippen molar-refractivity contribution in [2.24, 2.45) is 0 Å². The Bertz CT molecular complexity index is 2430. The number of benzene rings is 4. The summed E-state index contributed by atoms with van der Waals surface area (Å²) in [5.41, 5.74) is 10.2. The molecule has 0 spiro atoms. The molecule has 4 aromatic carbocycles. The lowest BCUT2D eigenvalue weighted by Crippen LogP contribution is -2.41. The molecule has 1 aliphatic rings. The summed E-state index contributed by atoms with van der Waals surface area (Å²) in [6, 6.07) is 18.3. The standard InChI is InChI=1S/C19H30BNO5.C13H18BrNO3.C13H19NO3.C8H11NO/c1-12-10-14(21-16(22)24-17(2,3)4)13(11-15(12)23-9)20-25-18(5,6)19(7,8)26-20;1-8-6-10(9(14)7-11(8)17-5)15-12(16)18-13(2,3)4;1-9-8-10(6-7-11(9)16-5)14-12(15)17-13(2,3)4;1-6-5-7(9)3-4-8(6)10-2/h10-11H,1-9H3,(H,21,22);6-7H,1-5H3,(H,15,16);6-8H,1-5H3,(H,14,15);3-5H,9H2,1-2H3. The average molecular weight is 1050 g/mol. The fourth-order valence-corrected chi connectivity index (χ4v) is 6.70. The maximum absolute atomic E-state index is 12.3. The van der Waals surface area contributed by atoms with Crippen LogP contribution in [0.25, 0.3) is 0 Å². The van der Waals surface area contributed by atoms with Crippen LogP contribution >= 0.6 is 15.9 Å². The Morgan fingerprint density at radius 2 is 0.887 bits per heavy atom. The first kappa shape index (κ1) is 61.3. The monoisotopic (exact) mass is 1050 g/mol. The molecule has 1 heterocycles. The highest BCUT2D eigenvalue weighted by Gasteiger charge is 2.52. The topological polar surface area (TPSA) is 196 Å². The number of halogens is 1. The number of nitrogen functional groups attached to an aromatic ring is 1. The zero-order chi connectivity index (χ0) is 54.4. The summed E-state index contributed by atoms with van der Waals surface area (Å²) in [5.74, 6) is 3.13. The summed E-state index contributed by atoms with van der Waals surface area (Å²) in [6.07, 6.45) is -1.46. The molecule has 18 heteroatoms. The third kappa shape index (κ3) is 20.4. The van der Waals surface area contributed by atoms with Crippen molar-refractivity contribution in [3.05, 3.63) is 87.4 Å². The number of carbonyl (C=O) groups is 3. The summed E-state index contributed by atoms with van der Waals surface area (Å²) >= 11 is 3.38. The van der Waals surface area contributed by atoms with Gasteiger partial charge < -0.3 is 48.2 Å². The van der Waals surface area contributed by atoms with Crippen LogP contribution in [0.1, 0.15) is 112 Å². The minimum absolute atomic E-state index is 0.456. The van der Waals surface area contributed by atoms with Gasteiger partial charge in [0.05, 0.1) is 45.3 Å². The first-order valence-corrected chi connectivity index (χ1v) is 23.8. The summed E-state index contributed by atoms with van der Waals surface area (Å²) in [5, 5.41) is 8.18. The number of anilines is 4. The van der Waals surface area contributed by atoms with E-state index in [1.54, 1.807) is 34.5 Å². The van der Waals surface area contributed by atoms with E-state index in [2.05, 4.69) is 31.9 Å². The van der Waals surface area contributed by atoms with Gasteiger partial charge in [-0.25, -0.2) is 14.4 Å². The molecule has 0 saturated carbocycles. The zero-order valence-electron chi connectivity index (χ0n) is 45.7.